The summed E-state index contributed by atoms with van der Waals surface area (Å²) >= 11 is 13.3. The van der Waals surface area contributed by atoms with Crippen molar-refractivity contribution in [2.24, 2.45) is 58.2 Å². The topological polar surface area (TPSA) is 151 Å². The number of hydrogen-bond donors (Lipinski definition) is 4. The van der Waals surface area contributed by atoms with Crippen LogP contribution in [-0.2, 0) is 19.1 Å². The number of ether oxygens (including phenoxy) is 2. The molecular formula is C57H84Cl2N2O8. The second-order valence-electron chi connectivity index (χ2n) is 24.6. The number of aromatic hydroxyl groups is 2. The number of hydrogen-bond acceptors (Lipinski definition) is 8. The Morgan fingerprint density at radius 1 is 0.681 bits per heavy atom. The number of fused-ring (bicyclic) bond motifs is 5. The highest BCUT2D eigenvalue weighted by atomic mass is 35.5. The fourth-order valence-electron chi connectivity index (χ4n) is 14.0. The average molecular weight is 996 g/mol. The quantitative estimate of drug-likeness (QED) is 0.114. The zero-order chi connectivity index (χ0) is 50.8. The summed E-state index contributed by atoms with van der Waals surface area (Å²) in [5.74, 6) is 2.17. The number of carbonyl (C=O) groups is 4. The minimum absolute atomic E-state index is 0.0606. The predicted molar refractivity (Wildman–Crippen MR) is 275 cm³/mol. The van der Waals surface area contributed by atoms with Gasteiger partial charge in [-0.25, -0.2) is 0 Å². The number of phenols is 2. The van der Waals surface area contributed by atoms with Crippen molar-refractivity contribution in [3.63, 3.8) is 0 Å². The predicted octanol–water partition coefficient (Wildman–Crippen LogP) is 13.6. The number of carbonyl (C=O) groups excluding carboxylic acids is 4. The van der Waals surface area contributed by atoms with Crippen molar-refractivity contribution in [3.05, 3.63) is 56.6 Å². The van der Waals surface area contributed by atoms with E-state index >= 15 is 0 Å². The van der Waals surface area contributed by atoms with Gasteiger partial charge in [-0.3, -0.25) is 19.2 Å². The molecule has 4 fully saturated rings. The molecule has 4 saturated carbocycles. The Labute approximate surface area is 423 Å². The third-order valence-corrected chi connectivity index (χ3v) is 17.7. The Bertz CT molecular complexity index is 2080. The summed E-state index contributed by atoms with van der Waals surface area (Å²) in [6.45, 7) is 22.1. The molecule has 69 heavy (non-hydrogen) atoms. The fourth-order valence-corrected chi connectivity index (χ4v) is 14.5. The summed E-state index contributed by atoms with van der Waals surface area (Å²) in [5.41, 5.74) is 0.264. The van der Waals surface area contributed by atoms with Crippen LogP contribution in [0, 0.1) is 58.2 Å². The zero-order valence-corrected chi connectivity index (χ0v) is 45.1. The highest BCUT2D eigenvalue weighted by Gasteiger charge is 2.60. The van der Waals surface area contributed by atoms with Crippen LogP contribution in [-0.4, -0.2) is 58.3 Å². The standard InChI is InChI=1S/C57H84Cl2N2O8/c1-33(2)14-12-15-34(3)43-20-21-44-40-19-18-38-26-35(22-24-56(38,10)45(40)23-25-57(43,44)11)16-13-17-39(36-27-41(50(64)46(58)29-36)52(66)60-31-48(62)68-54(4,5)6)37-28-42(51(65)47(59)30-37)53(67)61-32-49(63)69-55(7,8)9/h27-30,33-35,38-40,43-45,64-65H,12-26,31-32H2,1-11H3,(H,60,66)(H,61,67)/t34-,35+,38+,40+,43-,44+,45+,56+,57-/m1/s1. The van der Waals surface area contributed by atoms with Crippen LogP contribution < -0.4 is 10.6 Å². The lowest BCUT2D eigenvalue weighted by Crippen LogP contribution is -2.53. The van der Waals surface area contributed by atoms with Crippen molar-refractivity contribution in [1.29, 1.82) is 0 Å². The molecule has 0 saturated heterocycles. The molecular weight excluding hydrogens is 912 g/mol. The van der Waals surface area contributed by atoms with Crippen LogP contribution >= 0.6 is 23.2 Å². The van der Waals surface area contributed by atoms with Gasteiger partial charge in [0, 0.05) is 5.92 Å². The molecule has 384 valence electrons. The summed E-state index contributed by atoms with van der Waals surface area (Å²) < 4.78 is 10.7. The third-order valence-electron chi connectivity index (χ3n) is 17.2. The van der Waals surface area contributed by atoms with Crippen LogP contribution in [0.1, 0.15) is 210 Å². The van der Waals surface area contributed by atoms with E-state index in [2.05, 4.69) is 45.3 Å². The minimum Gasteiger partial charge on any atom is -0.506 e. The van der Waals surface area contributed by atoms with Gasteiger partial charge in [-0.1, -0.05) is 89.9 Å². The largest absolute Gasteiger partial charge is 0.506 e. The van der Waals surface area contributed by atoms with Gasteiger partial charge in [0.25, 0.3) is 11.8 Å². The van der Waals surface area contributed by atoms with Crippen LogP contribution in [0.15, 0.2) is 24.3 Å². The molecule has 9 atom stereocenters. The Balaban J connectivity index is 1.19. The van der Waals surface area contributed by atoms with Gasteiger partial charge in [-0.15, -0.1) is 0 Å². The Hall–Kier alpha value is -3.50. The number of amides is 2. The molecule has 2 aromatic rings. The number of halogens is 2. The molecule has 4 aliphatic rings. The average Bonchev–Trinajstić information content (AvgIpc) is 3.61. The molecule has 0 heterocycles. The minimum atomic E-state index is -0.753. The van der Waals surface area contributed by atoms with Crippen LogP contribution in [0.5, 0.6) is 11.5 Å². The van der Waals surface area contributed by atoms with Gasteiger partial charge in [0.1, 0.15) is 35.8 Å². The summed E-state index contributed by atoms with van der Waals surface area (Å²) in [5, 5.41) is 27.2. The van der Waals surface area contributed by atoms with E-state index < -0.39 is 65.5 Å². The molecule has 0 unspecified atom stereocenters. The molecule has 4 aliphatic carbocycles. The van der Waals surface area contributed by atoms with Crippen molar-refractivity contribution in [3.8, 4) is 11.5 Å². The second kappa shape index (κ2) is 22.1. The van der Waals surface area contributed by atoms with Crippen LogP contribution in [0.2, 0.25) is 10.0 Å². The number of nitrogens with one attached hydrogen (secondary N) is 2. The summed E-state index contributed by atoms with van der Waals surface area (Å²) in [4.78, 5) is 52.2. The highest BCUT2D eigenvalue weighted by molar-refractivity contribution is 6.33. The van der Waals surface area contributed by atoms with E-state index in [9.17, 15) is 29.4 Å². The first-order chi connectivity index (χ1) is 32.2. The number of phenolic OH excluding ortho intramolecular Hbond substituents is 2. The van der Waals surface area contributed by atoms with E-state index in [1.807, 2.05) is 0 Å². The molecule has 12 heteroatoms. The lowest BCUT2D eigenvalue weighted by atomic mass is 9.44. The maximum absolute atomic E-state index is 13.6. The summed E-state index contributed by atoms with van der Waals surface area (Å²) in [7, 11) is 0. The first-order valence-corrected chi connectivity index (χ1v) is 27.0. The first-order valence-electron chi connectivity index (χ1n) is 26.3. The van der Waals surface area contributed by atoms with E-state index in [-0.39, 0.29) is 21.2 Å². The summed E-state index contributed by atoms with van der Waals surface area (Å²) in [6, 6.07) is 6.32. The van der Waals surface area contributed by atoms with E-state index in [1.54, 1.807) is 65.8 Å². The van der Waals surface area contributed by atoms with Gasteiger partial charge < -0.3 is 30.3 Å². The van der Waals surface area contributed by atoms with Crippen molar-refractivity contribution in [1.82, 2.24) is 10.6 Å². The van der Waals surface area contributed by atoms with Crippen molar-refractivity contribution >= 4 is 47.0 Å². The van der Waals surface area contributed by atoms with E-state index in [4.69, 9.17) is 32.7 Å². The Kier molecular flexibility index (Phi) is 17.6. The molecule has 0 aromatic heterocycles. The second-order valence-corrected chi connectivity index (χ2v) is 25.5. The highest BCUT2D eigenvalue weighted by Crippen LogP contribution is 2.69. The smallest absolute Gasteiger partial charge is 0.325 e. The molecule has 4 N–H and O–H groups in total. The zero-order valence-electron chi connectivity index (χ0n) is 43.6. The number of rotatable bonds is 17. The van der Waals surface area contributed by atoms with Crippen molar-refractivity contribution < 1.29 is 38.9 Å². The lowest BCUT2D eigenvalue weighted by molar-refractivity contribution is -0.154. The van der Waals surface area contributed by atoms with Gasteiger partial charge >= 0.3 is 11.9 Å². The maximum atomic E-state index is 13.6. The molecule has 0 bridgehead atoms. The van der Waals surface area contributed by atoms with Gasteiger partial charge in [-0.2, -0.15) is 0 Å². The van der Waals surface area contributed by atoms with Crippen LogP contribution in [0.25, 0.3) is 0 Å². The van der Waals surface area contributed by atoms with Gasteiger partial charge in [0.15, 0.2) is 0 Å². The first kappa shape index (κ1) is 54.8. The molecule has 0 spiro atoms. The van der Waals surface area contributed by atoms with Crippen molar-refractivity contribution in [2.75, 3.05) is 13.1 Å². The molecule has 0 radical (unpaired) electrons. The SMILES string of the molecule is CC(C)CCC[C@@H](C)[C@H]1CC[C@H]2[C@@H]3CC[C@H]4C[C@@H](CCCC(c5cc(Cl)c(O)c(C(=O)NCC(=O)OC(C)(C)C)c5)c5cc(Cl)c(O)c(C(=O)NCC(=O)OC(C)(C)C)c5)CC[C@]4(C)[C@H]3CC[C@]12C. The molecule has 0 aliphatic heterocycles. The monoisotopic (exact) mass is 995 g/mol. The van der Waals surface area contributed by atoms with Crippen LogP contribution in [0.3, 0.4) is 0 Å². The van der Waals surface area contributed by atoms with Gasteiger partial charge in [0.05, 0.1) is 21.2 Å². The van der Waals surface area contributed by atoms with Crippen molar-refractivity contribution in [2.45, 2.75) is 190 Å². The number of benzene rings is 2. The molecule has 2 aromatic carbocycles. The molecule has 10 nitrogen and oxygen atoms in total. The fraction of sp³-hybridized carbons (Fsp3) is 0.719. The van der Waals surface area contributed by atoms with Crippen LogP contribution in [0.4, 0.5) is 0 Å². The van der Waals surface area contributed by atoms with Gasteiger partial charge in [0.2, 0.25) is 0 Å². The summed E-state index contributed by atoms with van der Waals surface area (Å²) in [6.07, 6.45) is 18.4. The van der Waals surface area contributed by atoms with Gasteiger partial charge in [-0.05, 0) is 199 Å². The van der Waals surface area contributed by atoms with E-state index in [1.165, 1.54) is 77.0 Å². The Morgan fingerprint density at radius 2 is 1.20 bits per heavy atom. The van der Waals surface area contributed by atoms with E-state index in [0.29, 0.717) is 40.2 Å². The van der Waals surface area contributed by atoms with E-state index in [0.717, 1.165) is 48.3 Å². The lowest BCUT2D eigenvalue weighted by Gasteiger charge is -2.61. The maximum Gasteiger partial charge on any atom is 0.325 e. The Morgan fingerprint density at radius 3 is 1.72 bits per heavy atom. The normalized spacial score (nSPS) is 27.2. The third kappa shape index (κ3) is 13.1. The number of esters is 2. The molecule has 2 amide bonds. The molecule has 6 rings (SSSR count).